The molecule has 0 aliphatic carbocycles. The second-order valence-electron chi connectivity index (χ2n) is 9.49. The first-order valence-electron chi connectivity index (χ1n) is 13.8. The van der Waals surface area contributed by atoms with Crippen molar-refractivity contribution >= 4 is 6.29 Å². The topological polar surface area (TPSA) is 106 Å². The smallest absolute Gasteiger partial charge is 0.327 e. The number of ether oxygens (including phenoxy) is 3. The second kappa shape index (κ2) is 16.3. The molecule has 0 saturated carbocycles. The number of halogens is 2. The number of carbonyl (C=O) groups excluding carboxylic acids is 1. The first-order chi connectivity index (χ1) is 19.5. The number of aromatic nitrogens is 6. The monoisotopic (exact) mass is 560 g/mol. The lowest BCUT2D eigenvalue weighted by atomic mass is 9.92. The maximum Gasteiger partial charge on any atom is 0.327 e. The van der Waals surface area contributed by atoms with Crippen LogP contribution in [0.25, 0.3) is 0 Å². The van der Waals surface area contributed by atoms with Gasteiger partial charge >= 0.3 is 5.95 Å². The molecular weight excluding hydrogens is 522 g/mol. The standard InChI is InChI=1S/C28H38F2N6O4/c1-3-5-6-7-8-9-10-14-39-27(38-13-4-2)26(16-37)40-28(17-35-21-31-19-33-35,18-36-22-32-20-34-36)24-12-11-23(29)15-25(24)30/h11-12,15-16,19-22H,3-10,13-14,17-18H2,1-2H3. The van der Waals surface area contributed by atoms with Crippen molar-refractivity contribution in [3.05, 3.63) is 72.4 Å². The number of nitrogens with zero attached hydrogens (tertiary/aromatic N) is 6. The van der Waals surface area contributed by atoms with Gasteiger partial charge < -0.3 is 14.2 Å². The van der Waals surface area contributed by atoms with Gasteiger partial charge in [0.25, 0.3) is 0 Å². The predicted molar refractivity (Wildman–Crippen MR) is 142 cm³/mol. The van der Waals surface area contributed by atoms with E-state index in [2.05, 4.69) is 27.1 Å². The van der Waals surface area contributed by atoms with Crippen molar-refractivity contribution in [2.45, 2.75) is 83.9 Å². The summed E-state index contributed by atoms with van der Waals surface area (Å²) >= 11 is 0. The molecule has 0 fully saturated rings. The van der Waals surface area contributed by atoms with Crippen LogP contribution in [0.2, 0.25) is 0 Å². The minimum Gasteiger partial charge on any atom is -0.469 e. The zero-order valence-electron chi connectivity index (χ0n) is 23.2. The third kappa shape index (κ3) is 9.13. The van der Waals surface area contributed by atoms with Crippen molar-refractivity contribution in [2.24, 2.45) is 0 Å². The molecule has 0 bridgehead atoms. The summed E-state index contributed by atoms with van der Waals surface area (Å²) in [5.41, 5.74) is -1.68. The highest BCUT2D eigenvalue weighted by Crippen LogP contribution is 2.35. The summed E-state index contributed by atoms with van der Waals surface area (Å²) in [6, 6.07) is 3.15. The Labute approximate surface area is 233 Å². The van der Waals surface area contributed by atoms with Gasteiger partial charge in [0.05, 0.1) is 26.3 Å². The van der Waals surface area contributed by atoms with E-state index in [1.54, 1.807) is 0 Å². The first kappa shape index (κ1) is 30.7. The van der Waals surface area contributed by atoms with Crippen molar-refractivity contribution in [1.29, 1.82) is 0 Å². The molecule has 0 unspecified atom stereocenters. The van der Waals surface area contributed by atoms with E-state index in [0.29, 0.717) is 19.3 Å². The maximum absolute atomic E-state index is 15.4. The molecular formula is C28H38F2N6O4. The van der Waals surface area contributed by atoms with E-state index in [1.807, 2.05) is 6.92 Å². The molecule has 1 aromatic carbocycles. The number of hydrogen-bond acceptors (Lipinski definition) is 8. The molecule has 0 amide bonds. The van der Waals surface area contributed by atoms with E-state index in [4.69, 9.17) is 14.2 Å². The lowest BCUT2D eigenvalue weighted by Crippen LogP contribution is -2.41. The van der Waals surface area contributed by atoms with Crippen molar-refractivity contribution in [1.82, 2.24) is 29.5 Å². The molecule has 0 N–H and O–H groups in total. The van der Waals surface area contributed by atoms with Gasteiger partial charge in [-0.3, -0.25) is 4.79 Å². The minimum absolute atomic E-state index is 0.0267. The van der Waals surface area contributed by atoms with Crippen LogP contribution in [0.3, 0.4) is 0 Å². The number of aldehydes is 1. The van der Waals surface area contributed by atoms with Crippen LogP contribution in [-0.4, -0.2) is 49.0 Å². The third-order valence-corrected chi connectivity index (χ3v) is 6.22. The third-order valence-electron chi connectivity index (χ3n) is 6.22. The molecule has 2 aromatic heterocycles. The highest BCUT2D eigenvalue weighted by atomic mass is 19.1. The molecule has 40 heavy (non-hydrogen) atoms. The van der Waals surface area contributed by atoms with Crippen LogP contribution in [-0.2, 0) is 37.7 Å². The van der Waals surface area contributed by atoms with Crippen LogP contribution in [0.15, 0.2) is 55.2 Å². The Morgan fingerprint density at radius 1 is 0.875 bits per heavy atom. The molecule has 0 radical (unpaired) electrons. The maximum atomic E-state index is 15.4. The van der Waals surface area contributed by atoms with E-state index >= 15 is 4.39 Å². The fourth-order valence-corrected chi connectivity index (χ4v) is 4.28. The summed E-state index contributed by atoms with van der Waals surface area (Å²) in [6.45, 7) is 4.48. The average Bonchev–Trinajstić information content (AvgIpc) is 3.65. The van der Waals surface area contributed by atoms with Crippen LogP contribution in [0.5, 0.6) is 0 Å². The Bertz CT molecular complexity index is 1140. The van der Waals surface area contributed by atoms with Gasteiger partial charge in [-0.1, -0.05) is 52.4 Å². The molecule has 3 aromatic rings. The quantitative estimate of drug-likeness (QED) is 0.0791. The minimum atomic E-state index is -1.65. The van der Waals surface area contributed by atoms with E-state index in [9.17, 15) is 9.18 Å². The first-order valence-corrected chi connectivity index (χ1v) is 13.8. The van der Waals surface area contributed by atoms with Crippen LogP contribution < -0.4 is 0 Å². The Morgan fingerprint density at radius 3 is 2.05 bits per heavy atom. The van der Waals surface area contributed by atoms with Gasteiger partial charge in [0.1, 0.15) is 36.9 Å². The average molecular weight is 561 g/mol. The van der Waals surface area contributed by atoms with Gasteiger partial charge in [-0.05, 0) is 25.0 Å². The summed E-state index contributed by atoms with van der Waals surface area (Å²) < 4.78 is 50.2. The van der Waals surface area contributed by atoms with Crippen molar-refractivity contribution in [3.63, 3.8) is 0 Å². The number of rotatable bonds is 20. The number of carbonyl (C=O) groups is 1. The van der Waals surface area contributed by atoms with E-state index in [-0.39, 0.29) is 37.0 Å². The van der Waals surface area contributed by atoms with Gasteiger partial charge in [-0.2, -0.15) is 10.2 Å². The highest BCUT2D eigenvalue weighted by Gasteiger charge is 2.41. The van der Waals surface area contributed by atoms with Crippen molar-refractivity contribution in [2.75, 3.05) is 13.2 Å². The van der Waals surface area contributed by atoms with E-state index in [1.165, 1.54) is 66.4 Å². The van der Waals surface area contributed by atoms with Gasteiger partial charge in [0, 0.05) is 11.6 Å². The number of unbranched alkanes of at least 4 members (excludes halogenated alkanes) is 6. The Morgan fingerprint density at radius 2 is 1.50 bits per heavy atom. The largest absolute Gasteiger partial charge is 0.469 e. The normalized spacial score (nSPS) is 12.2. The molecule has 10 nitrogen and oxygen atoms in total. The molecule has 3 rings (SSSR count). The lowest BCUT2D eigenvalue weighted by Gasteiger charge is -2.35. The molecule has 0 spiro atoms. The van der Waals surface area contributed by atoms with Crippen LogP contribution in [0.4, 0.5) is 8.78 Å². The molecule has 0 atom stereocenters. The second-order valence-corrected chi connectivity index (χ2v) is 9.49. The van der Waals surface area contributed by atoms with E-state index < -0.39 is 17.2 Å². The summed E-state index contributed by atoms with van der Waals surface area (Å²) in [6.07, 6.45) is 14.3. The van der Waals surface area contributed by atoms with Crippen LogP contribution >= 0.6 is 0 Å². The SMILES string of the molecule is CCCCCCCCCOC(OCCC)=C(C=O)OC(Cn1cncn1)(Cn1cncn1)c1ccc(F)cc1F. The lowest BCUT2D eigenvalue weighted by molar-refractivity contribution is -0.118. The summed E-state index contributed by atoms with van der Waals surface area (Å²) in [5.74, 6) is -1.98. The van der Waals surface area contributed by atoms with Crippen molar-refractivity contribution in [3.8, 4) is 0 Å². The Hall–Kier alpha value is -3.83. The Kier molecular flexibility index (Phi) is 12.5. The summed E-state index contributed by atoms with van der Waals surface area (Å²) in [7, 11) is 0. The van der Waals surface area contributed by atoms with Gasteiger partial charge in [0.2, 0.25) is 5.76 Å². The zero-order valence-corrected chi connectivity index (χ0v) is 23.2. The summed E-state index contributed by atoms with van der Waals surface area (Å²) in [5, 5.41) is 8.29. The van der Waals surface area contributed by atoms with Gasteiger partial charge in [0.15, 0.2) is 11.9 Å². The van der Waals surface area contributed by atoms with Crippen molar-refractivity contribution < 1.29 is 27.8 Å². The number of allylic oxidation sites excluding steroid dienone is 1. The Balaban J connectivity index is 1.95. The van der Waals surface area contributed by atoms with Gasteiger partial charge in [-0.25, -0.2) is 28.1 Å². The van der Waals surface area contributed by atoms with Gasteiger partial charge in [-0.15, -0.1) is 0 Å². The zero-order chi connectivity index (χ0) is 28.6. The van der Waals surface area contributed by atoms with E-state index in [0.717, 1.165) is 31.4 Å². The fraction of sp³-hybridized carbons (Fsp3) is 0.536. The van der Waals surface area contributed by atoms with Crippen LogP contribution in [0.1, 0.15) is 70.8 Å². The van der Waals surface area contributed by atoms with Crippen LogP contribution in [0, 0.1) is 11.6 Å². The molecule has 0 aliphatic rings. The predicted octanol–water partition coefficient (Wildman–Crippen LogP) is 5.32. The fourth-order valence-electron chi connectivity index (χ4n) is 4.28. The highest BCUT2D eigenvalue weighted by molar-refractivity contribution is 5.70. The molecule has 0 saturated heterocycles. The molecule has 2 heterocycles. The molecule has 0 aliphatic heterocycles. The number of benzene rings is 1. The molecule has 12 heteroatoms. The number of hydrogen-bond donors (Lipinski definition) is 0. The molecule has 218 valence electrons. The summed E-state index contributed by atoms with van der Waals surface area (Å²) in [4.78, 5) is 20.4.